The molecule has 4 heteroatoms. The van der Waals surface area contributed by atoms with Gasteiger partial charge in [0.05, 0.1) is 18.8 Å². The SMILES string of the molecule is CCCC1CCC(CN)(OCCOCCCOC)CC1. The van der Waals surface area contributed by atoms with Crippen molar-refractivity contribution in [2.24, 2.45) is 11.7 Å². The van der Waals surface area contributed by atoms with E-state index in [9.17, 15) is 0 Å². The highest BCUT2D eigenvalue weighted by molar-refractivity contribution is 4.88. The molecule has 0 amide bonds. The van der Waals surface area contributed by atoms with Crippen LogP contribution < -0.4 is 5.73 Å². The zero-order chi connectivity index (χ0) is 14.7. The van der Waals surface area contributed by atoms with Crippen molar-refractivity contribution in [1.29, 1.82) is 0 Å². The molecule has 0 aromatic rings. The Balaban J connectivity index is 2.13. The number of hydrogen-bond acceptors (Lipinski definition) is 4. The summed E-state index contributed by atoms with van der Waals surface area (Å²) in [6.45, 7) is 5.71. The molecular formula is C16H33NO3. The van der Waals surface area contributed by atoms with Crippen molar-refractivity contribution in [3.63, 3.8) is 0 Å². The molecule has 20 heavy (non-hydrogen) atoms. The average molecular weight is 287 g/mol. The second-order valence-corrected chi connectivity index (χ2v) is 5.93. The van der Waals surface area contributed by atoms with E-state index in [1.165, 1.54) is 25.7 Å². The van der Waals surface area contributed by atoms with Gasteiger partial charge in [0.2, 0.25) is 0 Å². The highest BCUT2D eigenvalue weighted by atomic mass is 16.5. The molecule has 4 nitrogen and oxygen atoms in total. The number of rotatable bonds is 11. The first-order valence-electron chi connectivity index (χ1n) is 8.17. The fourth-order valence-electron chi connectivity index (χ4n) is 3.03. The standard InChI is InChI=1S/C16H33NO3/c1-3-5-15-6-8-16(14-17,9-7-15)20-13-12-19-11-4-10-18-2/h15H,3-14,17H2,1-2H3. The first kappa shape index (κ1) is 17.9. The van der Waals surface area contributed by atoms with Crippen LogP contribution in [0.4, 0.5) is 0 Å². The predicted octanol–water partition coefficient (Wildman–Crippen LogP) is 2.74. The van der Waals surface area contributed by atoms with Gasteiger partial charge in [-0.2, -0.15) is 0 Å². The maximum Gasteiger partial charge on any atom is 0.0805 e. The summed E-state index contributed by atoms with van der Waals surface area (Å²) in [7, 11) is 1.71. The van der Waals surface area contributed by atoms with E-state index in [2.05, 4.69) is 6.92 Å². The summed E-state index contributed by atoms with van der Waals surface area (Å²) in [6.07, 6.45) is 8.33. The van der Waals surface area contributed by atoms with Crippen molar-refractivity contribution in [1.82, 2.24) is 0 Å². The van der Waals surface area contributed by atoms with Crippen LogP contribution in [0, 0.1) is 5.92 Å². The van der Waals surface area contributed by atoms with Crippen molar-refractivity contribution in [3.05, 3.63) is 0 Å². The molecule has 2 N–H and O–H groups in total. The average Bonchev–Trinajstić information content (AvgIpc) is 2.48. The van der Waals surface area contributed by atoms with Crippen LogP contribution in [-0.4, -0.2) is 45.7 Å². The summed E-state index contributed by atoms with van der Waals surface area (Å²) < 4.78 is 16.6. The summed E-state index contributed by atoms with van der Waals surface area (Å²) in [6, 6.07) is 0. The molecule has 1 aliphatic carbocycles. The van der Waals surface area contributed by atoms with Crippen LogP contribution in [0.2, 0.25) is 0 Å². The minimum Gasteiger partial charge on any atom is -0.385 e. The Morgan fingerprint density at radius 1 is 1.10 bits per heavy atom. The first-order chi connectivity index (χ1) is 9.76. The maximum absolute atomic E-state index is 6.07. The molecule has 0 radical (unpaired) electrons. The summed E-state index contributed by atoms with van der Waals surface area (Å²) >= 11 is 0. The lowest BCUT2D eigenvalue weighted by atomic mass is 9.77. The third-order valence-corrected chi connectivity index (χ3v) is 4.36. The van der Waals surface area contributed by atoms with Gasteiger partial charge < -0.3 is 19.9 Å². The molecule has 120 valence electrons. The lowest BCUT2D eigenvalue weighted by Gasteiger charge is -2.39. The van der Waals surface area contributed by atoms with Crippen LogP contribution in [0.25, 0.3) is 0 Å². The van der Waals surface area contributed by atoms with Crippen molar-refractivity contribution < 1.29 is 14.2 Å². The quantitative estimate of drug-likeness (QED) is 0.594. The van der Waals surface area contributed by atoms with Gasteiger partial charge in [-0.1, -0.05) is 19.8 Å². The van der Waals surface area contributed by atoms with Gasteiger partial charge in [-0.3, -0.25) is 0 Å². The fraction of sp³-hybridized carbons (Fsp3) is 1.00. The lowest BCUT2D eigenvalue weighted by Crippen LogP contribution is -2.44. The zero-order valence-electron chi connectivity index (χ0n) is 13.4. The summed E-state index contributed by atoms with van der Waals surface area (Å²) in [5.74, 6) is 0.883. The van der Waals surface area contributed by atoms with Crippen LogP contribution >= 0.6 is 0 Å². The van der Waals surface area contributed by atoms with Gasteiger partial charge in [0.1, 0.15) is 0 Å². The second-order valence-electron chi connectivity index (χ2n) is 5.93. The molecule has 0 aromatic heterocycles. The number of methoxy groups -OCH3 is 1. The van der Waals surface area contributed by atoms with Gasteiger partial charge in [-0.15, -0.1) is 0 Å². The van der Waals surface area contributed by atoms with Crippen LogP contribution in [-0.2, 0) is 14.2 Å². The monoisotopic (exact) mass is 287 g/mol. The van der Waals surface area contributed by atoms with E-state index in [0.29, 0.717) is 19.8 Å². The van der Waals surface area contributed by atoms with Crippen LogP contribution in [0.1, 0.15) is 51.9 Å². The van der Waals surface area contributed by atoms with Gasteiger partial charge in [0.15, 0.2) is 0 Å². The van der Waals surface area contributed by atoms with E-state index in [0.717, 1.165) is 38.4 Å². The second kappa shape index (κ2) is 10.6. The molecule has 0 saturated heterocycles. The summed E-state index contributed by atoms with van der Waals surface area (Å²) in [4.78, 5) is 0. The van der Waals surface area contributed by atoms with Crippen molar-refractivity contribution in [3.8, 4) is 0 Å². The van der Waals surface area contributed by atoms with Gasteiger partial charge in [0.25, 0.3) is 0 Å². The fourth-order valence-corrected chi connectivity index (χ4v) is 3.03. The van der Waals surface area contributed by atoms with E-state index in [-0.39, 0.29) is 5.60 Å². The number of ether oxygens (including phenoxy) is 3. The van der Waals surface area contributed by atoms with E-state index in [1.807, 2.05) is 0 Å². The van der Waals surface area contributed by atoms with Crippen LogP contribution in [0.15, 0.2) is 0 Å². The van der Waals surface area contributed by atoms with E-state index >= 15 is 0 Å². The summed E-state index contributed by atoms with van der Waals surface area (Å²) in [5, 5.41) is 0. The highest BCUT2D eigenvalue weighted by Gasteiger charge is 2.34. The number of nitrogens with two attached hydrogens (primary N) is 1. The molecule has 0 unspecified atom stereocenters. The molecule has 1 saturated carbocycles. The molecule has 1 aliphatic rings. The van der Waals surface area contributed by atoms with E-state index in [1.54, 1.807) is 7.11 Å². The normalized spacial score (nSPS) is 26.9. The molecule has 0 atom stereocenters. The molecule has 0 aliphatic heterocycles. The molecule has 1 fully saturated rings. The van der Waals surface area contributed by atoms with Gasteiger partial charge in [-0.25, -0.2) is 0 Å². The van der Waals surface area contributed by atoms with Gasteiger partial charge in [0, 0.05) is 26.9 Å². The highest BCUT2D eigenvalue weighted by Crippen LogP contribution is 2.36. The third-order valence-electron chi connectivity index (χ3n) is 4.36. The van der Waals surface area contributed by atoms with Gasteiger partial charge in [-0.05, 0) is 38.0 Å². The molecule has 1 rings (SSSR count). The smallest absolute Gasteiger partial charge is 0.0805 e. The number of hydrogen-bond donors (Lipinski definition) is 1. The Morgan fingerprint density at radius 3 is 2.45 bits per heavy atom. The molecular weight excluding hydrogens is 254 g/mol. The molecule has 0 aromatic carbocycles. The van der Waals surface area contributed by atoms with E-state index < -0.39 is 0 Å². The summed E-state index contributed by atoms with van der Waals surface area (Å²) in [5.41, 5.74) is 5.87. The minimum atomic E-state index is -0.0832. The van der Waals surface area contributed by atoms with Crippen molar-refractivity contribution >= 4 is 0 Å². The zero-order valence-corrected chi connectivity index (χ0v) is 13.4. The predicted molar refractivity (Wildman–Crippen MR) is 81.9 cm³/mol. The Kier molecular flexibility index (Phi) is 9.44. The van der Waals surface area contributed by atoms with Crippen molar-refractivity contribution in [2.75, 3.05) is 40.1 Å². The maximum atomic E-state index is 6.07. The third kappa shape index (κ3) is 6.53. The van der Waals surface area contributed by atoms with Crippen LogP contribution in [0.5, 0.6) is 0 Å². The Morgan fingerprint density at radius 2 is 1.85 bits per heavy atom. The largest absolute Gasteiger partial charge is 0.385 e. The van der Waals surface area contributed by atoms with E-state index in [4.69, 9.17) is 19.9 Å². The van der Waals surface area contributed by atoms with Crippen molar-refractivity contribution in [2.45, 2.75) is 57.5 Å². The Hall–Kier alpha value is -0.160. The lowest BCUT2D eigenvalue weighted by molar-refractivity contribution is -0.0892. The first-order valence-corrected chi connectivity index (χ1v) is 8.17. The molecule has 0 heterocycles. The topological polar surface area (TPSA) is 53.7 Å². The molecule has 0 spiro atoms. The minimum absolute atomic E-state index is 0.0832. The Labute approximate surface area is 124 Å². The van der Waals surface area contributed by atoms with Gasteiger partial charge >= 0.3 is 0 Å². The molecule has 0 bridgehead atoms. The van der Waals surface area contributed by atoms with Crippen LogP contribution in [0.3, 0.4) is 0 Å². The Bertz CT molecular complexity index is 228.